The molecule has 2 aromatic carbocycles. The van der Waals surface area contributed by atoms with E-state index in [0.717, 1.165) is 0 Å². The van der Waals surface area contributed by atoms with Gasteiger partial charge in [0, 0.05) is 39.1 Å². The third-order valence-corrected chi connectivity index (χ3v) is 4.91. The molecule has 0 unspecified atom stereocenters. The van der Waals surface area contributed by atoms with Gasteiger partial charge in [-0.15, -0.1) is 0 Å². The number of aromatic nitrogens is 1. The Bertz CT molecular complexity index is 1380. The average molecular weight is 341 g/mol. The van der Waals surface area contributed by atoms with Gasteiger partial charge in [0.05, 0.1) is 0 Å². The van der Waals surface area contributed by atoms with Crippen molar-refractivity contribution < 1.29 is 21.0 Å². The predicted molar refractivity (Wildman–Crippen MR) is 105 cm³/mol. The maximum absolute atomic E-state index is 8.49. The Morgan fingerprint density at radius 3 is 2.52 bits per heavy atom. The summed E-state index contributed by atoms with van der Waals surface area (Å²) in [7, 11) is 1.65. The molecule has 4 rings (SSSR count). The second kappa shape index (κ2) is 5.29. The molecule has 0 saturated heterocycles. The third-order valence-electron chi connectivity index (χ3n) is 4.91. The summed E-state index contributed by atoms with van der Waals surface area (Å²) in [6.07, 6.45) is 1.46. The van der Waals surface area contributed by atoms with E-state index in [9.17, 15) is 0 Å². The van der Waals surface area contributed by atoms with Gasteiger partial charge in [0.25, 0.3) is 0 Å². The summed E-state index contributed by atoms with van der Waals surface area (Å²) < 4.78 is 99.7. The van der Waals surface area contributed by atoms with Crippen LogP contribution in [0.15, 0.2) is 48.7 Å². The summed E-state index contributed by atoms with van der Waals surface area (Å²) in [4.78, 5) is 0. The minimum Gasteiger partial charge on any atom is -0.201 e. The van der Waals surface area contributed by atoms with E-state index in [-0.39, 0.29) is 27.8 Å². The number of pyridine rings is 1. The average Bonchev–Trinajstić information content (AvgIpc) is 3.02. The van der Waals surface area contributed by atoms with E-state index in [0.29, 0.717) is 22.4 Å². The zero-order valence-corrected chi connectivity index (χ0v) is 14.1. The summed E-state index contributed by atoms with van der Waals surface area (Å²) in [6, 6.07) is 10.6. The molecule has 1 nitrogen and oxygen atoms in total. The fourth-order valence-corrected chi connectivity index (χ4v) is 3.72. The van der Waals surface area contributed by atoms with Gasteiger partial charge in [0.2, 0.25) is 5.69 Å². The number of fused-ring (bicyclic) bond motifs is 3. The highest BCUT2D eigenvalue weighted by Crippen LogP contribution is 2.51. The Kier molecular flexibility index (Phi) is 1.58. The number of nitrogens with zero attached hydrogens (tertiary/aromatic N) is 1. The van der Waals surface area contributed by atoms with Crippen molar-refractivity contribution in [2.24, 2.45) is 7.05 Å². The van der Waals surface area contributed by atoms with Crippen molar-refractivity contribution in [3.05, 3.63) is 76.5 Å². The van der Waals surface area contributed by atoms with E-state index >= 15 is 0 Å². The fourth-order valence-electron chi connectivity index (χ4n) is 3.72. The summed E-state index contributed by atoms with van der Waals surface area (Å²) in [6.45, 7) is -9.54. The smallest absolute Gasteiger partial charge is 0.201 e. The lowest BCUT2D eigenvalue weighted by molar-refractivity contribution is -0.660. The molecule has 0 fully saturated rings. The first-order chi connectivity index (χ1) is 16.7. The monoisotopic (exact) mass is 340 g/mol. The first kappa shape index (κ1) is 7.45. The van der Waals surface area contributed by atoms with Crippen molar-refractivity contribution in [2.45, 2.75) is 39.7 Å². The van der Waals surface area contributed by atoms with Gasteiger partial charge in [-0.1, -0.05) is 38.0 Å². The Balaban J connectivity index is 2.14. The van der Waals surface area contributed by atoms with Gasteiger partial charge in [-0.05, 0) is 66.1 Å². The van der Waals surface area contributed by atoms with Gasteiger partial charge < -0.3 is 0 Å². The molecule has 126 valence electrons. The molecule has 0 N–H and O–H groups in total. The van der Waals surface area contributed by atoms with Gasteiger partial charge in [-0.25, -0.2) is 4.57 Å². The van der Waals surface area contributed by atoms with Gasteiger partial charge in [0.15, 0.2) is 6.20 Å². The molecule has 1 heteroatoms. The number of benzene rings is 2. The van der Waals surface area contributed by atoms with E-state index in [2.05, 4.69) is 0 Å². The Hall–Kier alpha value is -2.41. The van der Waals surface area contributed by atoms with Crippen molar-refractivity contribution >= 4 is 0 Å². The van der Waals surface area contributed by atoms with Crippen LogP contribution in [0.2, 0.25) is 0 Å². The molecule has 1 aliphatic rings. The summed E-state index contributed by atoms with van der Waals surface area (Å²) in [5, 5.41) is 0. The van der Waals surface area contributed by atoms with Crippen LogP contribution in [0.4, 0.5) is 0 Å². The molecular formula is C24H26N+. The van der Waals surface area contributed by atoms with Gasteiger partial charge in [-0.2, -0.15) is 0 Å². The van der Waals surface area contributed by atoms with Crippen LogP contribution in [-0.2, 0) is 12.5 Å². The van der Waals surface area contributed by atoms with Gasteiger partial charge in [0.1, 0.15) is 7.05 Å². The number of hydrogen-bond acceptors (Lipinski definition) is 0. The van der Waals surface area contributed by atoms with E-state index in [4.69, 9.17) is 16.4 Å². The van der Waals surface area contributed by atoms with Crippen LogP contribution in [0.3, 0.4) is 0 Å². The van der Waals surface area contributed by atoms with Crippen LogP contribution < -0.4 is 4.57 Å². The Morgan fingerprint density at radius 1 is 0.920 bits per heavy atom. The molecule has 1 aromatic heterocycles. The lowest BCUT2D eigenvalue weighted by Crippen LogP contribution is -2.31. The number of rotatable bonds is 1. The molecule has 0 spiro atoms. The van der Waals surface area contributed by atoms with E-state index in [1.807, 2.05) is 0 Å². The highest BCUT2D eigenvalue weighted by Gasteiger charge is 2.37. The minimum absolute atomic E-state index is 0.000280. The highest BCUT2D eigenvalue weighted by atomic mass is 14.9. The molecule has 0 amide bonds. The van der Waals surface area contributed by atoms with E-state index < -0.39 is 32.8 Å². The molecule has 1 heterocycles. The van der Waals surface area contributed by atoms with Crippen molar-refractivity contribution in [2.75, 3.05) is 0 Å². The predicted octanol–water partition coefficient (Wildman–Crippen LogP) is 5.41. The normalized spacial score (nSPS) is 23.4. The molecule has 0 saturated carbocycles. The lowest BCUT2D eigenvalue weighted by Gasteiger charge is -2.24. The van der Waals surface area contributed by atoms with Crippen LogP contribution in [0.1, 0.15) is 58.0 Å². The molecule has 3 aromatic rings. The fraction of sp³-hybridized carbons (Fsp3) is 0.292. The first-order valence-electron chi connectivity index (χ1n) is 14.0. The van der Waals surface area contributed by atoms with Crippen LogP contribution in [-0.4, -0.2) is 0 Å². The summed E-state index contributed by atoms with van der Waals surface area (Å²) >= 11 is 0. The zero-order chi connectivity index (χ0) is 27.9. The largest absolute Gasteiger partial charge is 0.212 e. The summed E-state index contributed by atoms with van der Waals surface area (Å²) in [5.74, 6) is 0. The molecule has 25 heavy (non-hydrogen) atoms. The molecule has 1 aliphatic carbocycles. The van der Waals surface area contributed by atoms with Crippen LogP contribution in [0.25, 0.3) is 22.4 Å². The van der Waals surface area contributed by atoms with Crippen molar-refractivity contribution in [3.63, 3.8) is 0 Å². The lowest BCUT2D eigenvalue weighted by atomic mass is 9.79. The molecule has 0 atom stereocenters. The standard InChI is InChI=1S/C24H26N/c1-15-10-11-22(25(6)14-15)19-13-21-20(12-17(19)3)18-9-7-8-16(2)23(18)24(21,4)5/h7-14H,1-6H3/q+1/i1D3,2D3,4D3,5D3. The van der Waals surface area contributed by atoms with Crippen molar-refractivity contribution in [1.29, 1.82) is 0 Å². The zero-order valence-electron chi connectivity index (χ0n) is 26.1. The first-order valence-corrected chi connectivity index (χ1v) is 8.03. The number of aryl methyl sites for hydroxylation is 4. The number of hydrogen-bond donors (Lipinski definition) is 0. The van der Waals surface area contributed by atoms with Crippen LogP contribution in [0.5, 0.6) is 0 Å². The molecule has 0 aliphatic heterocycles. The quantitative estimate of drug-likeness (QED) is 0.522. The SMILES string of the molecule is [2H]C([2H])([2H])c1ccc(-c2cc3c(cc2C)-c2cccc(C([2H])([2H])[2H])c2C3(C([2H])([2H])[2H])C([2H])([2H])[2H])[n+](C)c1. The van der Waals surface area contributed by atoms with E-state index in [1.165, 1.54) is 30.5 Å². The third kappa shape index (κ3) is 2.26. The van der Waals surface area contributed by atoms with Gasteiger partial charge >= 0.3 is 0 Å². The molecular weight excluding hydrogens is 302 g/mol. The van der Waals surface area contributed by atoms with Crippen LogP contribution in [0, 0.1) is 20.6 Å². The topological polar surface area (TPSA) is 3.88 Å². The second-order valence-corrected chi connectivity index (χ2v) is 6.60. The maximum Gasteiger partial charge on any atom is 0.212 e. The highest BCUT2D eigenvalue weighted by molar-refractivity contribution is 5.85. The second-order valence-electron chi connectivity index (χ2n) is 6.60. The maximum atomic E-state index is 8.49. The van der Waals surface area contributed by atoms with Crippen LogP contribution >= 0.6 is 0 Å². The molecule has 0 radical (unpaired) electrons. The summed E-state index contributed by atoms with van der Waals surface area (Å²) in [5.41, 5.74) is -0.618. The molecule has 0 bridgehead atoms. The van der Waals surface area contributed by atoms with Crippen molar-refractivity contribution in [3.8, 4) is 22.4 Å². The minimum atomic E-state index is -3.13. The Morgan fingerprint density at radius 2 is 1.80 bits per heavy atom. The van der Waals surface area contributed by atoms with E-state index in [1.54, 1.807) is 36.7 Å². The van der Waals surface area contributed by atoms with Crippen molar-refractivity contribution in [1.82, 2.24) is 0 Å². The van der Waals surface area contributed by atoms with Gasteiger partial charge in [-0.3, -0.25) is 0 Å². The Labute approximate surface area is 167 Å².